The third-order valence-corrected chi connectivity index (χ3v) is 5.11. The van der Waals surface area contributed by atoms with Gasteiger partial charge in [-0.15, -0.1) is 18.3 Å². The minimum atomic E-state index is -4.81. The number of nitrogens with two attached hydrogens (primary N) is 1. The Morgan fingerprint density at radius 3 is 2.47 bits per heavy atom. The average Bonchev–Trinajstić information content (AvgIpc) is 3.23. The molecule has 1 aliphatic carbocycles. The number of hydrogen-bond acceptors (Lipinski definition) is 6. The lowest BCUT2D eigenvalue weighted by atomic mass is 10.2. The van der Waals surface area contributed by atoms with Gasteiger partial charge in [0.05, 0.1) is 5.69 Å². The maximum Gasteiger partial charge on any atom is 0.573 e. The molecule has 1 aliphatic rings. The Morgan fingerprint density at radius 2 is 1.78 bits per heavy atom. The number of aromatic nitrogens is 3. The number of halogens is 3. The molecule has 3 N–H and O–H groups in total. The second-order valence-corrected chi connectivity index (χ2v) is 7.25. The van der Waals surface area contributed by atoms with E-state index >= 15 is 0 Å². The maximum atomic E-state index is 13.0. The summed E-state index contributed by atoms with van der Waals surface area (Å²) >= 11 is 0. The molecule has 3 aromatic rings. The van der Waals surface area contributed by atoms with Gasteiger partial charge in [0, 0.05) is 30.4 Å². The molecule has 0 spiro atoms. The summed E-state index contributed by atoms with van der Waals surface area (Å²) in [6, 6.07) is 8.17. The highest BCUT2D eigenvalue weighted by atomic mass is 19.4. The second-order valence-electron chi connectivity index (χ2n) is 7.25. The lowest BCUT2D eigenvalue weighted by Crippen LogP contribution is -2.28. The van der Waals surface area contributed by atoms with Gasteiger partial charge in [-0.3, -0.25) is 9.59 Å². The fraction of sp³-hybridized carbons (Fsp3) is 0.286. The van der Waals surface area contributed by atoms with Gasteiger partial charge in [-0.25, -0.2) is 0 Å². The molecule has 4 rings (SSSR count). The van der Waals surface area contributed by atoms with E-state index < -0.39 is 12.1 Å². The van der Waals surface area contributed by atoms with Crippen LogP contribution in [-0.2, 0) is 19.4 Å². The first-order chi connectivity index (χ1) is 15.3. The first-order valence-corrected chi connectivity index (χ1v) is 9.94. The Kier molecular flexibility index (Phi) is 5.74. The number of alkyl halides is 3. The molecule has 0 saturated carbocycles. The first-order valence-electron chi connectivity index (χ1n) is 9.94. The first kappa shape index (κ1) is 21.6. The summed E-state index contributed by atoms with van der Waals surface area (Å²) < 4.78 is 43.7. The van der Waals surface area contributed by atoms with Crippen LogP contribution in [0.4, 0.5) is 24.7 Å². The lowest BCUT2D eigenvalue weighted by molar-refractivity contribution is -0.274. The van der Waals surface area contributed by atoms with Gasteiger partial charge in [0.1, 0.15) is 11.4 Å². The highest BCUT2D eigenvalue weighted by Crippen LogP contribution is 2.28. The van der Waals surface area contributed by atoms with Crippen molar-refractivity contribution in [2.24, 2.45) is 5.73 Å². The number of pyridine rings is 1. The van der Waals surface area contributed by atoms with Crippen LogP contribution in [0, 0.1) is 0 Å². The summed E-state index contributed by atoms with van der Waals surface area (Å²) in [5.74, 6) is -0.0473. The van der Waals surface area contributed by atoms with E-state index in [4.69, 9.17) is 5.73 Å². The molecule has 32 heavy (non-hydrogen) atoms. The zero-order valence-corrected chi connectivity index (χ0v) is 16.9. The Bertz CT molecular complexity index is 1250. The number of fused-ring (bicyclic) bond motifs is 1. The number of benzene rings is 1. The topological polar surface area (TPSA) is 104 Å². The normalized spacial score (nSPS) is 13.1. The van der Waals surface area contributed by atoms with Gasteiger partial charge in [-0.1, -0.05) is 0 Å². The number of hydrogen-bond donors (Lipinski definition) is 2. The zero-order chi connectivity index (χ0) is 22.9. The van der Waals surface area contributed by atoms with Crippen LogP contribution >= 0.6 is 0 Å². The fourth-order valence-electron chi connectivity index (χ4n) is 3.71. The molecule has 11 heteroatoms. The van der Waals surface area contributed by atoms with Crippen LogP contribution in [0.25, 0.3) is 5.69 Å². The van der Waals surface area contributed by atoms with Crippen LogP contribution in [0.5, 0.6) is 5.75 Å². The number of anilines is 2. The fourth-order valence-corrected chi connectivity index (χ4v) is 3.71. The second kappa shape index (κ2) is 8.50. The van der Waals surface area contributed by atoms with Crippen LogP contribution in [0.2, 0.25) is 0 Å². The van der Waals surface area contributed by atoms with E-state index in [1.165, 1.54) is 16.7 Å². The Hall–Kier alpha value is -3.60. The van der Waals surface area contributed by atoms with Gasteiger partial charge in [-0.2, -0.15) is 4.68 Å². The van der Waals surface area contributed by atoms with E-state index in [0.717, 1.165) is 28.8 Å². The van der Waals surface area contributed by atoms with Crippen molar-refractivity contribution >= 4 is 11.5 Å². The molecule has 0 unspecified atom stereocenters. The van der Waals surface area contributed by atoms with Crippen LogP contribution in [-0.4, -0.2) is 27.3 Å². The molecule has 2 heterocycles. The monoisotopic (exact) mass is 447 g/mol. The van der Waals surface area contributed by atoms with E-state index in [2.05, 4.69) is 15.2 Å². The minimum absolute atomic E-state index is 0.274. The number of nitrogens with zero attached hydrogens (tertiary/aromatic N) is 3. The summed E-state index contributed by atoms with van der Waals surface area (Å²) in [7, 11) is 0. The zero-order valence-electron chi connectivity index (χ0n) is 16.9. The third-order valence-electron chi connectivity index (χ3n) is 5.11. The van der Waals surface area contributed by atoms with Crippen molar-refractivity contribution in [2.75, 3.05) is 11.9 Å². The molecule has 0 fully saturated rings. The molecular formula is C21H20F3N5O3. The standard InChI is InChI=1S/C21H20F3N5O3/c22-21(23,24)32-14-8-6-13(7-9-14)29-19(30)16-4-1-3-15(16)18(27-29)26-17-5-2-11-28(12-10-25)20(17)31/h2,5-9,11H,1,3-4,10,12,25H2,(H,26,27). The van der Waals surface area contributed by atoms with E-state index in [0.29, 0.717) is 37.3 Å². The largest absolute Gasteiger partial charge is 0.573 e. The molecule has 8 nitrogen and oxygen atoms in total. The molecule has 0 bridgehead atoms. The van der Waals surface area contributed by atoms with E-state index in [-0.39, 0.29) is 22.5 Å². The van der Waals surface area contributed by atoms with E-state index in [1.54, 1.807) is 18.3 Å². The predicted molar refractivity (Wildman–Crippen MR) is 112 cm³/mol. The number of ether oxygens (including phenoxy) is 1. The van der Waals surface area contributed by atoms with Gasteiger partial charge >= 0.3 is 6.36 Å². The molecule has 1 aromatic carbocycles. The van der Waals surface area contributed by atoms with Gasteiger partial charge in [0.15, 0.2) is 5.82 Å². The van der Waals surface area contributed by atoms with Gasteiger partial charge < -0.3 is 20.4 Å². The van der Waals surface area contributed by atoms with Crippen molar-refractivity contribution in [3.63, 3.8) is 0 Å². The van der Waals surface area contributed by atoms with Crippen molar-refractivity contribution < 1.29 is 17.9 Å². The van der Waals surface area contributed by atoms with Gasteiger partial charge in [0.2, 0.25) is 0 Å². The molecule has 0 atom stereocenters. The smallest absolute Gasteiger partial charge is 0.406 e. The summed E-state index contributed by atoms with van der Waals surface area (Å²) in [4.78, 5) is 25.6. The molecule has 0 amide bonds. The van der Waals surface area contributed by atoms with Crippen molar-refractivity contribution in [3.8, 4) is 11.4 Å². The van der Waals surface area contributed by atoms with Crippen LogP contribution in [0.1, 0.15) is 17.5 Å². The SMILES string of the molecule is NCCn1cccc(Nc2nn(-c3ccc(OC(F)(F)F)cc3)c(=O)c3c2CCC3)c1=O. The average molecular weight is 447 g/mol. The molecule has 0 radical (unpaired) electrons. The summed E-state index contributed by atoms with van der Waals surface area (Å²) in [6.07, 6.45) is -1.25. The Labute approximate surface area is 180 Å². The molecule has 168 valence electrons. The summed E-state index contributed by atoms with van der Waals surface area (Å²) in [5, 5.41) is 7.42. The minimum Gasteiger partial charge on any atom is -0.406 e. The summed E-state index contributed by atoms with van der Waals surface area (Å²) in [5.41, 5.74) is 6.78. The third kappa shape index (κ3) is 4.37. The van der Waals surface area contributed by atoms with Crippen LogP contribution < -0.4 is 26.9 Å². The Balaban J connectivity index is 1.74. The van der Waals surface area contributed by atoms with Gasteiger partial charge in [-0.05, 0) is 55.7 Å². The van der Waals surface area contributed by atoms with Crippen LogP contribution in [0.3, 0.4) is 0 Å². The van der Waals surface area contributed by atoms with Crippen molar-refractivity contribution in [2.45, 2.75) is 32.2 Å². The quantitative estimate of drug-likeness (QED) is 0.602. The van der Waals surface area contributed by atoms with E-state index in [9.17, 15) is 22.8 Å². The summed E-state index contributed by atoms with van der Waals surface area (Å²) in [6.45, 7) is 0.654. The molecule has 0 aliphatic heterocycles. The number of rotatable bonds is 6. The van der Waals surface area contributed by atoms with Crippen molar-refractivity contribution in [3.05, 3.63) is 74.4 Å². The highest BCUT2D eigenvalue weighted by Gasteiger charge is 2.31. The highest BCUT2D eigenvalue weighted by molar-refractivity contribution is 5.61. The van der Waals surface area contributed by atoms with Crippen molar-refractivity contribution in [1.29, 1.82) is 0 Å². The predicted octanol–water partition coefficient (Wildman–Crippen LogP) is 2.48. The Morgan fingerprint density at radius 1 is 1.06 bits per heavy atom. The van der Waals surface area contributed by atoms with E-state index in [1.807, 2.05) is 0 Å². The van der Waals surface area contributed by atoms with Gasteiger partial charge in [0.25, 0.3) is 11.1 Å². The lowest BCUT2D eigenvalue weighted by Gasteiger charge is -2.15. The molecule has 0 saturated heterocycles. The molecule has 2 aromatic heterocycles. The van der Waals surface area contributed by atoms with Crippen LogP contribution in [0.15, 0.2) is 52.2 Å². The maximum absolute atomic E-state index is 13.0. The molecular weight excluding hydrogens is 427 g/mol. The van der Waals surface area contributed by atoms with Crippen molar-refractivity contribution in [1.82, 2.24) is 14.3 Å². The number of nitrogens with one attached hydrogen (secondary N) is 1.